The van der Waals surface area contributed by atoms with Crippen molar-refractivity contribution in [2.45, 2.75) is 19.0 Å². The van der Waals surface area contributed by atoms with Crippen LogP contribution >= 0.6 is 0 Å². The SMILES string of the molecule is Fc1ccccc1CN1CCCNC(c2ccccc2)C1. The summed E-state index contributed by atoms with van der Waals surface area (Å²) in [7, 11) is 0. The lowest BCUT2D eigenvalue weighted by molar-refractivity contribution is 0.257. The van der Waals surface area contributed by atoms with Gasteiger partial charge in [-0.05, 0) is 31.1 Å². The molecule has 0 aromatic heterocycles. The first-order valence-corrected chi connectivity index (χ1v) is 7.57. The topological polar surface area (TPSA) is 15.3 Å². The van der Waals surface area contributed by atoms with Crippen molar-refractivity contribution in [1.29, 1.82) is 0 Å². The van der Waals surface area contributed by atoms with Crippen molar-refractivity contribution < 1.29 is 4.39 Å². The normalized spacial score (nSPS) is 20.1. The Labute approximate surface area is 125 Å². The van der Waals surface area contributed by atoms with Gasteiger partial charge in [0, 0.05) is 24.7 Å². The smallest absolute Gasteiger partial charge is 0.127 e. The Hall–Kier alpha value is -1.71. The summed E-state index contributed by atoms with van der Waals surface area (Å²) in [6.07, 6.45) is 1.10. The Morgan fingerprint density at radius 3 is 2.62 bits per heavy atom. The van der Waals surface area contributed by atoms with Gasteiger partial charge in [0.05, 0.1) is 0 Å². The van der Waals surface area contributed by atoms with Gasteiger partial charge in [-0.2, -0.15) is 0 Å². The quantitative estimate of drug-likeness (QED) is 0.929. The molecule has 2 aromatic carbocycles. The van der Waals surface area contributed by atoms with E-state index in [0.717, 1.165) is 31.6 Å². The Morgan fingerprint density at radius 2 is 1.81 bits per heavy atom. The van der Waals surface area contributed by atoms with Crippen molar-refractivity contribution in [3.05, 3.63) is 71.5 Å². The molecule has 2 aromatic rings. The molecule has 0 spiro atoms. The number of nitrogens with zero attached hydrogens (tertiary/aromatic N) is 1. The summed E-state index contributed by atoms with van der Waals surface area (Å²) in [6, 6.07) is 17.9. The van der Waals surface area contributed by atoms with Crippen LogP contribution in [0.4, 0.5) is 4.39 Å². The summed E-state index contributed by atoms with van der Waals surface area (Å²) in [5, 5.41) is 3.59. The van der Waals surface area contributed by atoms with Gasteiger partial charge in [-0.25, -0.2) is 4.39 Å². The summed E-state index contributed by atoms with van der Waals surface area (Å²) >= 11 is 0. The summed E-state index contributed by atoms with van der Waals surface area (Å²) in [6.45, 7) is 3.61. The molecular formula is C18H21FN2. The number of hydrogen-bond acceptors (Lipinski definition) is 2. The molecule has 21 heavy (non-hydrogen) atoms. The second-order valence-electron chi connectivity index (χ2n) is 5.60. The van der Waals surface area contributed by atoms with Crippen molar-refractivity contribution in [3.63, 3.8) is 0 Å². The molecule has 1 unspecified atom stereocenters. The van der Waals surface area contributed by atoms with Gasteiger partial charge in [-0.1, -0.05) is 48.5 Å². The van der Waals surface area contributed by atoms with Crippen molar-refractivity contribution in [3.8, 4) is 0 Å². The first-order chi connectivity index (χ1) is 10.3. The van der Waals surface area contributed by atoms with Gasteiger partial charge < -0.3 is 5.32 Å². The molecule has 0 amide bonds. The van der Waals surface area contributed by atoms with E-state index in [4.69, 9.17) is 0 Å². The van der Waals surface area contributed by atoms with Crippen LogP contribution in [0.2, 0.25) is 0 Å². The molecule has 1 N–H and O–H groups in total. The van der Waals surface area contributed by atoms with Crippen LogP contribution in [0, 0.1) is 5.82 Å². The van der Waals surface area contributed by atoms with Crippen LogP contribution in [0.15, 0.2) is 54.6 Å². The second kappa shape index (κ2) is 6.83. The van der Waals surface area contributed by atoms with E-state index in [1.807, 2.05) is 18.2 Å². The van der Waals surface area contributed by atoms with E-state index in [1.165, 1.54) is 5.56 Å². The molecule has 1 atom stereocenters. The lowest BCUT2D eigenvalue weighted by Crippen LogP contribution is -2.31. The average molecular weight is 284 g/mol. The van der Waals surface area contributed by atoms with Gasteiger partial charge in [-0.3, -0.25) is 4.90 Å². The molecule has 110 valence electrons. The Kier molecular flexibility index (Phi) is 4.63. The molecule has 0 radical (unpaired) electrons. The molecule has 3 rings (SSSR count). The monoisotopic (exact) mass is 284 g/mol. The van der Waals surface area contributed by atoms with E-state index >= 15 is 0 Å². The zero-order chi connectivity index (χ0) is 14.5. The maximum Gasteiger partial charge on any atom is 0.127 e. The molecule has 1 fully saturated rings. The highest BCUT2D eigenvalue weighted by Crippen LogP contribution is 2.19. The van der Waals surface area contributed by atoms with Crippen LogP contribution in [0.1, 0.15) is 23.6 Å². The van der Waals surface area contributed by atoms with E-state index in [9.17, 15) is 4.39 Å². The van der Waals surface area contributed by atoms with Gasteiger partial charge in [0.1, 0.15) is 5.82 Å². The second-order valence-corrected chi connectivity index (χ2v) is 5.60. The van der Waals surface area contributed by atoms with Crippen molar-refractivity contribution in [2.75, 3.05) is 19.6 Å². The molecule has 0 bridgehead atoms. The van der Waals surface area contributed by atoms with Gasteiger partial charge in [0.15, 0.2) is 0 Å². The fraction of sp³-hybridized carbons (Fsp3) is 0.333. The standard InChI is InChI=1S/C18H21FN2/c19-17-10-5-4-9-16(17)13-21-12-6-11-20-18(14-21)15-7-2-1-3-8-15/h1-5,7-10,18,20H,6,11-14H2. The van der Waals surface area contributed by atoms with Gasteiger partial charge in [-0.15, -0.1) is 0 Å². The Balaban J connectivity index is 1.72. The van der Waals surface area contributed by atoms with Crippen LogP contribution in [0.25, 0.3) is 0 Å². The fourth-order valence-electron chi connectivity index (χ4n) is 2.91. The zero-order valence-electron chi connectivity index (χ0n) is 12.1. The van der Waals surface area contributed by atoms with Crippen LogP contribution in [-0.4, -0.2) is 24.5 Å². The maximum absolute atomic E-state index is 13.8. The van der Waals surface area contributed by atoms with Gasteiger partial charge in [0.2, 0.25) is 0 Å². The number of nitrogens with one attached hydrogen (secondary N) is 1. The first-order valence-electron chi connectivity index (χ1n) is 7.57. The predicted octanol–water partition coefficient (Wildman–Crippen LogP) is 3.36. The zero-order valence-corrected chi connectivity index (χ0v) is 12.1. The third-order valence-electron chi connectivity index (χ3n) is 4.04. The van der Waals surface area contributed by atoms with Crippen molar-refractivity contribution >= 4 is 0 Å². The largest absolute Gasteiger partial charge is 0.309 e. The number of halogens is 1. The summed E-state index contributed by atoms with van der Waals surface area (Å²) in [5.41, 5.74) is 2.09. The predicted molar refractivity (Wildman–Crippen MR) is 83.5 cm³/mol. The summed E-state index contributed by atoms with van der Waals surface area (Å²) < 4.78 is 13.8. The highest BCUT2D eigenvalue weighted by atomic mass is 19.1. The van der Waals surface area contributed by atoms with Crippen LogP contribution in [-0.2, 0) is 6.54 Å². The van der Waals surface area contributed by atoms with Crippen LogP contribution < -0.4 is 5.32 Å². The molecule has 1 aliphatic rings. The van der Waals surface area contributed by atoms with E-state index < -0.39 is 0 Å². The number of benzene rings is 2. The third-order valence-corrected chi connectivity index (χ3v) is 4.04. The van der Waals surface area contributed by atoms with E-state index in [2.05, 4.69) is 34.5 Å². The van der Waals surface area contributed by atoms with Crippen molar-refractivity contribution in [1.82, 2.24) is 10.2 Å². The molecule has 3 heteroatoms. The number of rotatable bonds is 3. The van der Waals surface area contributed by atoms with Crippen molar-refractivity contribution in [2.24, 2.45) is 0 Å². The lowest BCUT2D eigenvalue weighted by Gasteiger charge is -2.25. The molecule has 1 heterocycles. The molecule has 0 aliphatic carbocycles. The minimum absolute atomic E-state index is 0.106. The van der Waals surface area contributed by atoms with Crippen LogP contribution in [0.5, 0.6) is 0 Å². The Bertz CT molecular complexity index is 570. The minimum Gasteiger partial charge on any atom is -0.309 e. The van der Waals surface area contributed by atoms with E-state index in [-0.39, 0.29) is 5.82 Å². The first kappa shape index (κ1) is 14.2. The van der Waals surface area contributed by atoms with Gasteiger partial charge in [0.25, 0.3) is 0 Å². The molecule has 1 saturated heterocycles. The van der Waals surface area contributed by atoms with Gasteiger partial charge >= 0.3 is 0 Å². The molecule has 0 saturated carbocycles. The minimum atomic E-state index is -0.106. The highest BCUT2D eigenvalue weighted by molar-refractivity contribution is 5.20. The maximum atomic E-state index is 13.8. The molecule has 1 aliphatic heterocycles. The van der Waals surface area contributed by atoms with Crippen LogP contribution in [0.3, 0.4) is 0 Å². The van der Waals surface area contributed by atoms with E-state index in [1.54, 1.807) is 12.1 Å². The molecule has 2 nitrogen and oxygen atoms in total. The average Bonchev–Trinajstić information content (AvgIpc) is 2.76. The Morgan fingerprint density at radius 1 is 1.05 bits per heavy atom. The molecular weight excluding hydrogens is 263 g/mol. The number of hydrogen-bond donors (Lipinski definition) is 1. The summed E-state index contributed by atoms with van der Waals surface area (Å²) in [5.74, 6) is -0.106. The van der Waals surface area contributed by atoms with E-state index in [0.29, 0.717) is 12.6 Å². The fourth-order valence-corrected chi connectivity index (χ4v) is 2.91. The third kappa shape index (κ3) is 3.69. The highest BCUT2D eigenvalue weighted by Gasteiger charge is 2.19. The lowest BCUT2D eigenvalue weighted by atomic mass is 10.1. The summed E-state index contributed by atoms with van der Waals surface area (Å²) in [4.78, 5) is 2.34.